The van der Waals surface area contributed by atoms with Gasteiger partial charge in [0, 0.05) is 19.1 Å². The number of benzene rings is 1. The molecule has 1 heterocycles. The van der Waals surface area contributed by atoms with Crippen molar-refractivity contribution in [1.29, 1.82) is 0 Å². The van der Waals surface area contributed by atoms with Crippen LogP contribution in [0.15, 0.2) is 30.3 Å². The summed E-state index contributed by atoms with van der Waals surface area (Å²) in [5.41, 5.74) is 1.22. The van der Waals surface area contributed by atoms with Crippen molar-refractivity contribution >= 4 is 11.8 Å². The van der Waals surface area contributed by atoms with Gasteiger partial charge in [-0.05, 0) is 37.7 Å². The number of hydrogen-bond acceptors (Lipinski definition) is 3. The molecule has 1 aromatic carbocycles. The highest BCUT2D eigenvalue weighted by atomic mass is 16.2. The van der Waals surface area contributed by atoms with Crippen molar-refractivity contribution in [2.45, 2.75) is 50.7 Å². The molecule has 2 amide bonds. The van der Waals surface area contributed by atoms with E-state index in [0.29, 0.717) is 19.1 Å². The lowest BCUT2D eigenvalue weighted by Crippen LogP contribution is -2.48. The van der Waals surface area contributed by atoms with Gasteiger partial charge in [-0.1, -0.05) is 30.3 Å². The predicted octanol–water partition coefficient (Wildman–Crippen LogP) is 1.44. The minimum atomic E-state index is -0.372. The second kappa shape index (κ2) is 7.59. The maximum atomic E-state index is 12.4. The Hall–Kier alpha value is -1.88. The van der Waals surface area contributed by atoms with Crippen LogP contribution in [0.25, 0.3) is 0 Å². The van der Waals surface area contributed by atoms with E-state index in [2.05, 4.69) is 27.7 Å². The lowest BCUT2D eigenvalue weighted by molar-refractivity contribution is -0.129. The molecule has 5 heteroatoms. The Morgan fingerprint density at radius 2 is 1.96 bits per heavy atom. The highest BCUT2D eigenvalue weighted by Crippen LogP contribution is 2.28. The first-order chi connectivity index (χ1) is 11.2. The molecule has 3 rings (SSSR count). The molecular weight excluding hydrogens is 290 g/mol. The van der Waals surface area contributed by atoms with Gasteiger partial charge in [0.2, 0.25) is 11.8 Å². The number of nitrogens with one attached hydrogen (secondary N) is 2. The Labute approximate surface area is 137 Å². The van der Waals surface area contributed by atoms with Gasteiger partial charge >= 0.3 is 0 Å². The molecule has 1 aliphatic carbocycles. The van der Waals surface area contributed by atoms with Gasteiger partial charge in [-0.2, -0.15) is 0 Å². The smallest absolute Gasteiger partial charge is 0.242 e. The average molecular weight is 315 g/mol. The van der Waals surface area contributed by atoms with E-state index in [1.54, 1.807) is 0 Å². The average Bonchev–Trinajstić information content (AvgIpc) is 3.38. The number of rotatable bonds is 6. The molecule has 0 radical (unpaired) electrons. The topological polar surface area (TPSA) is 61.4 Å². The van der Waals surface area contributed by atoms with Crippen LogP contribution in [-0.2, 0) is 16.1 Å². The third-order valence-electron chi connectivity index (χ3n) is 4.51. The number of nitrogens with zero attached hydrogens (tertiary/aromatic N) is 1. The van der Waals surface area contributed by atoms with Gasteiger partial charge in [-0.15, -0.1) is 0 Å². The summed E-state index contributed by atoms with van der Waals surface area (Å²) in [7, 11) is 0. The molecular formula is C18H25N3O2. The Morgan fingerprint density at radius 3 is 2.70 bits per heavy atom. The maximum absolute atomic E-state index is 12.4. The monoisotopic (exact) mass is 315 g/mol. The maximum Gasteiger partial charge on any atom is 0.242 e. The largest absolute Gasteiger partial charge is 0.354 e. The normalized spacial score (nSPS) is 21.6. The van der Waals surface area contributed by atoms with Crippen LogP contribution < -0.4 is 10.6 Å². The van der Waals surface area contributed by atoms with E-state index < -0.39 is 0 Å². The first-order valence-electron chi connectivity index (χ1n) is 8.57. The van der Waals surface area contributed by atoms with Gasteiger partial charge in [-0.3, -0.25) is 14.5 Å². The van der Waals surface area contributed by atoms with E-state index in [0.717, 1.165) is 38.6 Å². The molecule has 0 spiro atoms. The standard InChI is InChI=1S/C18H25N3O2/c22-17(20-16-8-4-5-11-19-18(16)23)13-21(15-9-10-15)12-14-6-2-1-3-7-14/h1-3,6-7,15-16H,4-5,8-13H2,(H,19,23)(H,20,22)/t16-/m1/s1. The van der Waals surface area contributed by atoms with Crippen LogP contribution in [0, 0.1) is 0 Å². The van der Waals surface area contributed by atoms with E-state index in [9.17, 15) is 9.59 Å². The molecule has 1 aromatic rings. The molecule has 2 fully saturated rings. The first kappa shape index (κ1) is 16.0. The lowest BCUT2D eigenvalue weighted by atomic mass is 10.1. The van der Waals surface area contributed by atoms with Crippen molar-refractivity contribution in [1.82, 2.24) is 15.5 Å². The van der Waals surface area contributed by atoms with E-state index in [4.69, 9.17) is 0 Å². The molecule has 5 nitrogen and oxygen atoms in total. The van der Waals surface area contributed by atoms with Crippen LogP contribution in [0.3, 0.4) is 0 Å². The molecule has 1 saturated heterocycles. The second-order valence-electron chi connectivity index (χ2n) is 6.53. The van der Waals surface area contributed by atoms with Gasteiger partial charge in [-0.25, -0.2) is 0 Å². The van der Waals surface area contributed by atoms with Crippen molar-refractivity contribution in [2.24, 2.45) is 0 Å². The molecule has 1 atom stereocenters. The molecule has 0 aromatic heterocycles. The Bertz CT molecular complexity index is 542. The first-order valence-corrected chi connectivity index (χ1v) is 8.57. The van der Waals surface area contributed by atoms with Gasteiger partial charge in [0.15, 0.2) is 0 Å². The van der Waals surface area contributed by atoms with Gasteiger partial charge < -0.3 is 10.6 Å². The fraction of sp³-hybridized carbons (Fsp3) is 0.556. The third kappa shape index (κ3) is 4.79. The molecule has 1 saturated carbocycles. The van der Waals surface area contributed by atoms with Crippen molar-refractivity contribution in [3.8, 4) is 0 Å². The highest BCUT2D eigenvalue weighted by Gasteiger charge is 2.31. The lowest BCUT2D eigenvalue weighted by Gasteiger charge is -2.23. The third-order valence-corrected chi connectivity index (χ3v) is 4.51. The van der Waals surface area contributed by atoms with E-state index in [1.165, 1.54) is 5.56 Å². The van der Waals surface area contributed by atoms with Crippen LogP contribution in [0.4, 0.5) is 0 Å². The summed E-state index contributed by atoms with van der Waals surface area (Å²) in [5.74, 6) is -0.0910. The van der Waals surface area contributed by atoms with E-state index in [-0.39, 0.29) is 17.9 Å². The highest BCUT2D eigenvalue weighted by molar-refractivity contribution is 5.88. The zero-order chi connectivity index (χ0) is 16.1. The quantitative estimate of drug-likeness (QED) is 0.835. The Morgan fingerprint density at radius 1 is 1.17 bits per heavy atom. The van der Waals surface area contributed by atoms with Crippen molar-refractivity contribution in [3.05, 3.63) is 35.9 Å². The molecule has 1 aliphatic heterocycles. The fourth-order valence-electron chi connectivity index (χ4n) is 3.07. The van der Waals surface area contributed by atoms with E-state index >= 15 is 0 Å². The number of amides is 2. The van der Waals surface area contributed by atoms with Crippen LogP contribution >= 0.6 is 0 Å². The van der Waals surface area contributed by atoms with Crippen molar-refractivity contribution in [3.63, 3.8) is 0 Å². The predicted molar refractivity (Wildman–Crippen MR) is 88.7 cm³/mol. The molecule has 124 valence electrons. The summed E-state index contributed by atoms with van der Waals surface area (Å²) in [6, 6.07) is 10.4. The number of carbonyl (C=O) groups excluding carboxylic acids is 2. The van der Waals surface area contributed by atoms with Gasteiger partial charge in [0.1, 0.15) is 6.04 Å². The van der Waals surface area contributed by atoms with Crippen LogP contribution in [-0.4, -0.2) is 41.9 Å². The van der Waals surface area contributed by atoms with Crippen molar-refractivity contribution < 1.29 is 9.59 Å². The number of carbonyl (C=O) groups is 2. The SMILES string of the molecule is O=C(CN(Cc1ccccc1)C1CC1)N[C@@H]1CCCCNC1=O. The number of hydrogen-bond donors (Lipinski definition) is 2. The van der Waals surface area contributed by atoms with Crippen LogP contribution in [0.1, 0.15) is 37.7 Å². The van der Waals surface area contributed by atoms with Gasteiger partial charge in [0.25, 0.3) is 0 Å². The zero-order valence-electron chi connectivity index (χ0n) is 13.5. The van der Waals surface area contributed by atoms with Gasteiger partial charge in [0.05, 0.1) is 6.54 Å². The Balaban J connectivity index is 1.55. The fourth-order valence-corrected chi connectivity index (χ4v) is 3.07. The van der Waals surface area contributed by atoms with Crippen LogP contribution in [0.2, 0.25) is 0 Å². The zero-order valence-corrected chi connectivity index (χ0v) is 13.5. The molecule has 2 N–H and O–H groups in total. The summed E-state index contributed by atoms with van der Waals surface area (Å²) >= 11 is 0. The van der Waals surface area contributed by atoms with E-state index in [1.807, 2.05) is 18.2 Å². The second-order valence-corrected chi connectivity index (χ2v) is 6.53. The molecule has 0 bridgehead atoms. The summed E-state index contributed by atoms with van der Waals surface area (Å²) < 4.78 is 0. The van der Waals surface area contributed by atoms with Crippen LogP contribution in [0.5, 0.6) is 0 Å². The molecule has 2 aliphatic rings. The summed E-state index contributed by atoms with van der Waals surface area (Å²) in [6.07, 6.45) is 5.01. The summed E-state index contributed by atoms with van der Waals surface area (Å²) in [5, 5.41) is 5.78. The summed E-state index contributed by atoms with van der Waals surface area (Å²) in [4.78, 5) is 26.5. The Kier molecular flexibility index (Phi) is 5.28. The minimum absolute atomic E-state index is 0.0446. The summed E-state index contributed by atoms with van der Waals surface area (Å²) in [6.45, 7) is 1.87. The molecule has 23 heavy (non-hydrogen) atoms. The molecule has 0 unspecified atom stereocenters. The van der Waals surface area contributed by atoms with Crippen molar-refractivity contribution in [2.75, 3.05) is 13.1 Å². The minimum Gasteiger partial charge on any atom is -0.354 e.